The van der Waals surface area contributed by atoms with Crippen molar-refractivity contribution in [3.05, 3.63) is 35.9 Å². The SMILES string of the molecule is CCNC(=NCCN1CCCS1(=O)=O)NC1CC(C)N(Cc2ccccc2)C1. The number of hydrogen-bond acceptors (Lipinski definition) is 4. The predicted octanol–water partition coefficient (Wildman–Crippen LogP) is 1.24. The Labute approximate surface area is 169 Å². The minimum Gasteiger partial charge on any atom is -0.357 e. The van der Waals surface area contributed by atoms with Gasteiger partial charge in [0, 0.05) is 44.8 Å². The molecular weight excluding hydrogens is 374 g/mol. The van der Waals surface area contributed by atoms with Crippen LogP contribution in [-0.4, -0.2) is 74.1 Å². The lowest BCUT2D eigenvalue weighted by Crippen LogP contribution is -2.45. The van der Waals surface area contributed by atoms with Crippen LogP contribution in [0.25, 0.3) is 0 Å². The smallest absolute Gasteiger partial charge is 0.214 e. The number of nitrogens with one attached hydrogen (secondary N) is 2. The molecule has 2 saturated heterocycles. The standard InChI is InChI=1S/C20H33N5O2S/c1-3-21-20(22-10-12-25-11-7-13-28(25,26)27)23-19-14-17(2)24(16-19)15-18-8-5-4-6-9-18/h4-6,8-9,17,19H,3,7,10-16H2,1-2H3,(H2,21,22,23). The molecule has 0 bridgehead atoms. The second kappa shape index (κ2) is 9.71. The van der Waals surface area contributed by atoms with Crippen molar-refractivity contribution in [2.24, 2.45) is 4.99 Å². The summed E-state index contributed by atoms with van der Waals surface area (Å²) in [6.45, 7) is 8.58. The van der Waals surface area contributed by atoms with Gasteiger partial charge in [0.25, 0.3) is 0 Å². The zero-order valence-corrected chi connectivity index (χ0v) is 17.8. The van der Waals surface area contributed by atoms with E-state index in [4.69, 9.17) is 0 Å². The highest BCUT2D eigenvalue weighted by atomic mass is 32.2. The highest BCUT2D eigenvalue weighted by Crippen LogP contribution is 2.20. The number of sulfonamides is 1. The van der Waals surface area contributed by atoms with E-state index in [0.717, 1.165) is 38.4 Å². The first kappa shape index (κ1) is 21.1. The van der Waals surface area contributed by atoms with Crippen LogP contribution in [0.15, 0.2) is 35.3 Å². The molecule has 2 aliphatic rings. The monoisotopic (exact) mass is 407 g/mol. The molecule has 1 aromatic rings. The Kier molecular flexibility index (Phi) is 7.31. The van der Waals surface area contributed by atoms with E-state index in [1.54, 1.807) is 4.31 Å². The van der Waals surface area contributed by atoms with Gasteiger partial charge in [0.2, 0.25) is 10.0 Å². The van der Waals surface area contributed by atoms with Crippen molar-refractivity contribution in [1.29, 1.82) is 0 Å². The minimum atomic E-state index is -3.05. The molecule has 0 aromatic heterocycles. The molecule has 2 aliphatic heterocycles. The molecule has 28 heavy (non-hydrogen) atoms. The molecule has 0 saturated carbocycles. The summed E-state index contributed by atoms with van der Waals surface area (Å²) in [5.41, 5.74) is 1.34. The second-order valence-corrected chi connectivity index (χ2v) is 9.76. The molecular formula is C20H33N5O2S. The lowest BCUT2D eigenvalue weighted by molar-refractivity contribution is 0.258. The maximum Gasteiger partial charge on any atom is 0.214 e. The zero-order chi connectivity index (χ0) is 20.0. The summed E-state index contributed by atoms with van der Waals surface area (Å²) in [6, 6.07) is 11.4. The predicted molar refractivity (Wildman–Crippen MR) is 114 cm³/mol. The first-order valence-corrected chi connectivity index (χ1v) is 11.9. The molecule has 2 atom stereocenters. The molecule has 8 heteroatoms. The zero-order valence-electron chi connectivity index (χ0n) is 17.0. The van der Waals surface area contributed by atoms with Gasteiger partial charge in [-0.3, -0.25) is 9.89 Å². The first-order valence-electron chi connectivity index (χ1n) is 10.3. The molecule has 1 aromatic carbocycles. The van der Waals surface area contributed by atoms with E-state index in [0.29, 0.717) is 31.7 Å². The Hall–Kier alpha value is -1.64. The van der Waals surface area contributed by atoms with Crippen molar-refractivity contribution >= 4 is 16.0 Å². The van der Waals surface area contributed by atoms with Crippen LogP contribution in [0.3, 0.4) is 0 Å². The highest BCUT2D eigenvalue weighted by Gasteiger charge is 2.30. The van der Waals surface area contributed by atoms with Crippen LogP contribution in [-0.2, 0) is 16.6 Å². The van der Waals surface area contributed by atoms with Gasteiger partial charge in [0.15, 0.2) is 5.96 Å². The van der Waals surface area contributed by atoms with Crippen molar-refractivity contribution in [2.45, 2.75) is 45.3 Å². The van der Waals surface area contributed by atoms with Gasteiger partial charge in [0.05, 0.1) is 12.3 Å². The summed E-state index contributed by atoms with van der Waals surface area (Å²) in [5.74, 6) is 1.05. The van der Waals surface area contributed by atoms with Crippen LogP contribution in [0, 0.1) is 0 Å². The van der Waals surface area contributed by atoms with Crippen LogP contribution >= 0.6 is 0 Å². The van der Waals surface area contributed by atoms with Gasteiger partial charge in [-0.25, -0.2) is 12.7 Å². The van der Waals surface area contributed by atoms with E-state index in [2.05, 4.69) is 51.7 Å². The van der Waals surface area contributed by atoms with Crippen molar-refractivity contribution in [3.8, 4) is 0 Å². The average molecular weight is 408 g/mol. The van der Waals surface area contributed by atoms with Crippen LogP contribution in [0.2, 0.25) is 0 Å². The highest BCUT2D eigenvalue weighted by molar-refractivity contribution is 7.89. The fourth-order valence-corrected chi connectivity index (χ4v) is 5.49. The summed E-state index contributed by atoms with van der Waals surface area (Å²) < 4.78 is 25.4. The first-order chi connectivity index (χ1) is 13.5. The van der Waals surface area contributed by atoms with E-state index in [1.165, 1.54) is 5.56 Å². The number of guanidine groups is 1. The Balaban J connectivity index is 1.52. The van der Waals surface area contributed by atoms with Gasteiger partial charge in [-0.15, -0.1) is 0 Å². The third kappa shape index (κ3) is 5.68. The van der Waals surface area contributed by atoms with Crippen molar-refractivity contribution in [2.75, 3.05) is 38.5 Å². The molecule has 0 aliphatic carbocycles. The largest absolute Gasteiger partial charge is 0.357 e. The molecule has 2 unspecified atom stereocenters. The molecule has 3 rings (SSSR count). The molecule has 2 heterocycles. The second-order valence-electron chi connectivity index (χ2n) is 7.67. The molecule has 7 nitrogen and oxygen atoms in total. The van der Waals surface area contributed by atoms with Gasteiger partial charge in [0.1, 0.15) is 0 Å². The number of nitrogens with zero attached hydrogens (tertiary/aromatic N) is 3. The minimum absolute atomic E-state index is 0.270. The number of hydrogen-bond donors (Lipinski definition) is 2. The lowest BCUT2D eigenvalue weighted by Gasteiger charge is -2.21. The Morgan fingerprint density at radius 3 is 2.75 bits per heavy atom. The summed E-state index contributed by atoms with van der Waals surface area (Å²) in [4.78, 5) is 7.10. The number of benzene rings is 1. The topological polar surface area (TPSA) is 77.0 Å². The Bertz CT molecular complexity index is 753. The maximum absolute atomic E-state index is 11.9. The van der Waals surface area contributed by atoms with Crippen LogP contribution < -0.4 is 10.6 Å². The molecule has 0 amide bonds. The van der Waals surface area contributed by atoms with E-state index in [9.17, 15) is 8.42 Å². The molecule has 0 spiro atoms. The fourth-order valence-electron chi connectivity index (χ4n) is 3.97. The molecule has 0 radical (unpaired) electrons. The van der Waals surface area contributed by atoms with E-state index in [-0.39, 0.29) is 5.75 Å². The average Bonchev–Trinajstić information content (AvgIpc) is 3.17. The van der Waals surface area contributed by atoms with Gasteiger partial charge >= 0.3 is 0 Å². The Morgan fingerprint density at radius 2 is 2.07 bits per heavy atom. The van der Waals surface area contributed by atoms with Gasteiger partial charge in [-0.05, 0) is 32.3 Å². The number of likely N-dealkylation sites (tertiary alicyclic amines) is 1. The van der Waals surface area contributed by atoms with E-state index < -0.39 is 10.0 Å². The van der Waals surface area contributed by atoms with Crippen LogP contribution in [0.5, 0.6) is 0 Å². The summed E-state index contributed by atoms with van der Waals surface area (Å²) >= 11 is 0. The maximum atomic E-state index is 11.9. The third-order valence-electron chi connectivity index (χ3n) is 5.44. The van der Waals surface area contributed by atoms with Crippen LogP contribution in [0.1, 0.15) is 32.3 Å². The molecule has 2 fully saturated rings. The van der Waals surface area contributed by atoms with Crippen LogP contribution in [0.4, 0.5) is 0 Å². The van der Waals surface area contributed by atoms with Gasteiger partial charge < -0.3 is 10.6 Å². The van der Waals surface area contributed by atoms with Crippen molar-refractivity contribution in [1.82, 2.24) is 19.8 Å². The quantitative estimate of drug-likeness (QED) is 0.525. The third-order valence-corrected chi connectivity index (χ3v) is 7.40. The van der Waals surface area contributed by atoms with Gasteiger partial charge in [-0.1, -0.05) is 30.3 Å². The van der Waals surface area contributed by atoms with Crippen molar-refractivity contribution in [3.63, 3.8) is 0 Å². The van der Waals surface area contributed by atoms with E-state index in [1.807, 2.05) is 13.0 Å². The fraction of sp³-hybridized carbons (Fsp3) is 0.650. The summed E-state index contributed by atoms with van der Waals surface area (Å²) in [5, 5.41) is 6.83. The summed E-state index contributed by atoms with van der Waals surface area (Å²) in [6.07, 6.45) is 1.79. The van der Waals surface area contributed by atoms with E-state index >= 15 is 0 Å². The normalized spacial score (nSPS) is 25.9. The molecule has 2 N–H and O–H groups in total. The van der Waals surface area contributed by atoms with Gasteiger partial charge in [-0.2, -0.15) is 0 Å². The van der Waals surface area contributed by atoms with Crippen molar-refractivity contribution < 1.29 is 8.42 Å². The number of rotatable bonds is 7. The summed E-state index contributed by atoms with van der Waals surface area (Å²) in [7, 11) is -3.05. The number of aliphatic imine (C=N–C) groups is 1. The molecule has 156 valence electrons. The lowest BCUT2D eigenvalue weighted by atomic mass is 10.2. The Morgan fingerprint density at radius 1 is 1.29 bits per heavy atom.